The van der Waals surface area contributed by atoms with E-state index in [9.17, 15) is 22.4 Å². The van der Waals surface area contributed by atoms with Crippen LogP contribution < -0.4 is 10.9 Å². The van der Waals surface area contributed by atoms with Gasteiger partial charge in [-0.2, -0.15) is 4.31 Å². The smallest absolute Gasteiger partial charge is 0.272 e. The third-order valence-electron chi connectivity index (χ3n) is 7.81. The fraction of sp³-hybridized carbons (Fsp3) is 0.652. The van der Waals surface area contributed by atoms with E-state index in [1.165, 1.54) is 23.6 Å². The first-order chi connectivity index (χ1) is 15.7. The molecule has 0 spiro atoms. The summed E-state index contributed by atoms with van der Waals surface area (Å²) in [5, 5.41) is 0. The molecule has 6 rings (SSSR count). The standard InChI is InChI=1S/C23H30FN3O5S/c24-20-2-1-18(33(30,31)27-3-5-32-6-4-27)10-19(20)22(29)26-25-21(28)14-23-11-15-7-16(12-23)9-17(8-15)13-23/h1-2,10,15-17H,3-9,11-14H2,(H,25,28)(H,26,29). The van der Waals surface area contributed by atoms with Crippen LogP contribution in [0.15, 0.2) is 23.1 Å². The molecule has 4 bridgehead atoms. The van der Waals surface area contributed by atoms with Gasteiger partial charge >= 0.3 is 0 Å². The normalized spacial score (nSPS) is 31.4. The van der Waals surface area contributed by atoms with Crippen molar-refractivity contribution in [3.05, 3.63) is 29.6 Å². The highest BCUT2D eigenvalue weighted by Crippen LogP contribution is 2.61. The lowest BCUT2D eigenvalue weighted by atomic mass is 9.49. The fourth-order valence-electron chi connectivity index (χ4n) is 6.86. The van der Waals surface area contributed by atoms with Crippen LogP contribution in [0.1, 0.15) is 55.3 Å². The molecule has 2 N–H and O–H groups in total. The summed E-state index contributed by atoms with van der Waals surface area (Å²) in [5.41, 5.74) is 4.28. The van der Waals surface area contributed by atoms with E-state index in [0.717, 1.165) is 37.5 Å². The zero-order valence-corrected chi connectivity index (χ0v) is 19.3. The van der Waals surface area contributed by atoms with Crippen molar-refractivity contribution in [2.45, 2.75) is 49.8 Å². The Balaban J connectivity index is 1.23. The van der Waals surface area contributed by atoms with Crippen LogP contribution in [0.4, 0.5) is 4.39 Å². The summed E-state index contributed by atoms with van der Waals surface area (Å²) in [4.78, 5) is 25.1. The summed E-state index contributed by atoms with van der Waals surface area (Å²) in [5.74, 6) is 0.105. The Kier molecular flexibility index (Phi) is 5.95. The monoisotopic (exact) mass is 479 g/mol. The maximum absolute atomic E-state index is 14.4. The van der Waals surface area contributed by atoms with Gasteiger partial charge in [-0.05, 0) is 79.9 Å². The molecular weight excluding hydrogens is 449 g/mol. The number of ether oxygens (including phenoxy) is 1. The summed E-state index contributed by atoms with van der Waals surface area (Å²) in [6.07, 6.45) is 7.38. The van der Waals surface area contributed by atoms with Crippen molar-refractivity contribution >= 4 is 21.8 Å². The number of morpholine rings is 1. The molecule has 10 heteroatoms. The summed E-state index contributed by atoms with van der Waals surface area (Å²) in [6, 6.07) is 3.11. The van der Waals surface area contributed by atoms with Crippen molar-refractivity contribution in [1.29, 1.82) is 0 Å². The van der Waals surface area contributed by atoms with Gasteiger partial charge in [-0.25, -0.2) is 12.8 Å². The van der Waals surface area contributed by atoms with Gasteiger partial charge in [-0.3, -0.25) is 20.4 Å². The number of carbonyl (C=O) groups is 2. The van der Waals surface area contributed by atoms with E-state index >= 15 is 0 Å². The molecule has 2 amide bonds. The molecule has 5 fully saturated rings. The van der Waals surface area contributed by atoms with E-state index in [-0.39, 0.29) is 42.5 Å². The average Bonchev–Trinajstić information content (AvgIpc) is 2.77. The number of hydrogen-bond donors (Lipinski definition) is 2. The Morgan fingerprint density at radius 2 is 1.64 bits per heavy atom. The van der Waals surface area contributed by atoms with Crippen LogP contribution in [0.2, 0.25) is 0 Å². The van der Waals surface area contributed by atoms with E-state index in [2.05, 4.69) is 10.9 Å². The topological polar surface area (TPSA) is 105 Å². The zero-order chi connectivity index (χ0) is 23.2. The number of sulfonamides is 1. The van der Waals surface area contributed by atoms with Gasteiger partial charge in [-0.1, -0.05) is 0 Å². The van der Waals surface area contributed by atoms with Gasteiger partial charge in [-0.15, -0.1) is 0 Å². The summed E-state index contributed by atoms with van der Waals surface area (Å²) in [6.45, 7) is 0.955. The van der Waals surface area contributed by atoms with Gasteiger partial charge in [0.05, 0.1) is 23.7 Å². The lowest BCUT2D eigenvalue weighted by Gasteiger charge is -2.56. The number of rotatable bonds is 5. The van der Waals surface area contributed by atoms with Crippen LogP contribution in [0, 0.1) is 29.0 Å². The molecule has 1 aromatic carbocycles. The van der Waals surface area contributed by atoms with Crippen LogP contribution in [0.25, 0.3) is 0 Å². The third-order valence-corrected chi connectivity index (χ3v) is 9.70. The average molecular weight is 480 g/mol. The van der Waals surface area contributed by atoms with Crippen LogP contribution in [-0.4, -0.2) is 50.8 Å². The largest absolute Gasteiger partial charge is 0.379 e. The van der Waals surface area contributed by atoms with Gasteiger partial charge in [0.1, 0.15) is 5.82 Å². The van der Waals surface area contributed by atoms with Crippen molar-refractivity contribution in [3.8, 4) is 0 Å². The molecule has 1 saturated heterocycles. The fourth-order valence-corrected chi connectivity index (χ4v) is 8.29. The van der Waals surface area contributed by atoms with Crippen molar-refractivity contribution < 1.29 is 27.1 Å². The maximum atomic E-state index is 14.4. The van der Waals surface area contributed by atoms with Crippen LogP contribution in [-0.2, 0) is 19.6 Å². The molecule has 0 aromatic heterocycles. The minimum Gasteiger partial charge on any atom is -0.379 e. The second-order valence-electron chi connectivity index (χ2n) is 10.3. The van der Waals surface area contributed by atoms with Gasteiger partial charge in [0, 0.05) is 19.5 Å². The van der Waals surface area contributed by atoms with E-state index in [1.807, 2.05) is 0 Å². The van der Waals surface area contributed by atoms with Crippen molar-refractivity contribution in [1.82, 2.24) is 15.2 Å². The molecular formula is C23H30FN3O5S. The molecule has 4 aliphatic carbocycles. The van der Waals surface area contributed by atoms with Crippen molar-refractivity contribution in [3.63, 3.8) is 0 Å². The number of nitrogens with one attached hydrogen (secondary N) is 2. The van der Waals surface area contributed by atoms with Crippen molar-refractivity contribution in [2.75, 3.05) is 26.3 Å². The SMILES string of the molecule is O=C(CC12CC3CC(CC(C3)C1)C2)NNC(=O)c1cc(S(=O)(=O)N2CCOCC2)ccc1F. The van der Waals surface area contributed by atoms with Crippen LogP contribution in [0.3, 0.4) is 0 Å². The Bertz CT molecular complexity index is 1020. The summed E-state index contributed by atoms with van der Waals surface area (Å²) < 4.78 is 46.5. The number of amides is 2. The number of hydrazine groups is 1. The van der Waals surface area contributed by atoms with Crippen LogP contribution in [0.5, 0.6) is 0 Å². The van der Waals surface area contributed by atoms with E-state index in [1.54, 1.807) is 0 Å². The molecule has 1 heterocycles. The first-order valence-corrected chi connectivity index (χ1v) is 13.1. The van der Waals surface area contributed by atoms with Gasteiger partial charge < -0.3 is 4.74 Å². The highest BCUT2D eigenvalue weighted by atomic mass is 32.2. The molecule has 1 aromatic rings. The molecule has 0 atom stereocenters. The third kappa shape index (κ3) is 4.52. The molecule has 0 radical (unpaired) electrons. The Labute approximate surface area is 193 Å². The van der Waals surface area contributed by atoms with E-state index in [0.29, 0.717) is 24.2 Å². The molecule has 5 aliphatic rings. The Morgan fingerprint density at radius 1 is 1.03 bits per heavy atom. The Hall–Kier alpha value is -2.04. The first-order valence-electron chi connectivity index (χ1n) is 11.7. The molecule has 8 nitrogen and oxygen atoms in total. The number of benzene rings is 1. The highest BCUT2D eigenvalue weighted by molar-refractivity contribution is 7.89. The number of nitrogens with zero attached hydrogens (tertiary/aromatic N) is 1. The Morgan fingerprint density at radius 3 is 2.24 bits per heavy atom. The first kappa shape index (κ1) is 22.7. The molecule has 1 aliphatic heterocycles. The van der Waals surface area contributed by atoms with Gasteiger partial charge in [0.25, 0.3) is 5.91 Å². The highest BCUT2D eigenvalue weighted by Gasteiger charge is 2.51. The summed E-state index contributed by atoms with van der Waals surface area (Å²) in [7, 11) is -3.88. The van der Waals surface area contributed by atoms with Gasteiger partial charge in [0.2, 0.25) is 15.9 Å². The number of halogens is 1. The lowest BCUT2D eigenvalue weighted by molar-refractivity contribution is -0.130. The second-order valence-corrected chi connectivity index (χ2v) is 12.2. The predicted octanol–water partition coefficient (Wildman–Crippen LogP) is 2.21. The van der Waals surface area contributed by atoms with Crippen molar-refractivity contribution in [2.24, 2.45) is 23.2 Å². The maximum Gasteiger partial charge on any atom is 0.272 e. The summed E-state index contributed by atoms with van der Waals surface area (Å²) >= 11 is 0. The molecule has 4 saturated carbocycles. The minimum absolute atomic E-state index is 0.0148. The lowest BCUT2D eigenvalue weighted by Crippen LogP contribution is -2.50. The molecule has 0 unspecified atom stereocenters. The van der Waals surface area contributed by atoms with Crippen LogP contribution >= 0.6 is 0 Å². The number of hydrogen-bond acceptors (Lipinski definition) is 5. The number of carbonyl (C=O) groups excluding carboxylic acids is 2. The zero-order valence-electron chi connectivity index (χ0n) is 18.5. The van der Waals surface area contributed by atoms with E-state index < -0.39 is 27.3 Å². The minimum atomic E-state index is -3.88. The van der Waals surface area contributed by atoms with E-state index in [4.69, 9.17) is 4.74 Å². The second kappa shape index (κ2) is 8.63. The molecule has 33 heavy (non-hydrogen) atoms. The predicted molar refractivity (Wildman–Crippen MR) is 117 cm³/mol. The molecule has 180 valence electrons. The van der Waals surface area contributed by atoms with Gasteiger partial charge in [0.15, 0.2) is 0 Å². The quantitative estimate of drug-likeness (QED) is 0.630.